The zero-order valence-corrected chi connectivity index (χ0v) is 10.8. The molecule has 1 aliphatic heterocycles. The van der Waals surface area contributed by atoms with E-state index in [1.54, 1.807) is 19.3 Å². The molecule has 0 saturated carbocycles. The highest BCUT2D eigenvalue weighted by molar-refractivity contribution is 5.82. The number of hydrogen-bond acceptors (Lipinski definition) is 6. The summed E-state index contributed by atoms with van der Waals surface area (Å²) >= 11 is 0. The number of aliphatic hydroxyl groups excluding tert-OH is 1. The lowest BCUT2D eigenvalue weighted by atomic mass is 10.2. The quantitative estimate of drug-likeness (QED) is 0.592. The highest BCUT2D eigenvalue weighted by atomic mass is 16.5. The molecule has 2 heterocycles. The highest BCUT2D eigenvalue weighted by Gasteiger charge is 2.27. The van der Waals surface area contributed by atoms with Crippen molar-refractivity contribution in [3.8, 4) is 5.75 Å². The van der Waals surface area contributed by atoms with E-state index in [-0.39, 0.29) is 11.9 Å². The van der Waals surface area contributed by atoms with Crippen molar-refractivity contribution in [1.82, 2.24) is 20.6 Å². The number of rotatable bonds is 5. The lowest BCUT2D eigenvalue weighted by Crippen LogP contribution is -2.41. The number of aryl methyl sites for hydroxylation is 1. The molecule has 1 amide bonds. The van der Waals surface area contributed by atoms with Crippen molar-refractivity contribution < 1.29 is 14.6 Å². The van der Waals surface area contributed by atoms with Crippen molar-refractivity contribution in [3.05, 3.63) is 18.2 Å². The first-order chi connectivity index (χ1) is 9.15. The number of aliphatic hydroxyl groups is 1. The average molecular weight is 266 g/mol. The van der Waals surface area contributed by atoms with Crippen LogP contribution < -0.4 is 15.4 Å². The Hall–Kier alpha value is -1.73. The first-order valence-corrected chi connectivity index (χ1v) is 6.26. The number of nitrogens with one attached hydrogen (secondary N) is 2. The van der Waals surface area contributed by atoms with E-state index in [9.17, 15) is 9.90 Å². The fourth-order valence-electron chi connectivity index (χ4n) is 1.84. The largest absolute Gasteiger partial charge is 0.489 e. The Morgan fingerprint density at radius 2 is 2.32 bits per heavy atom. The predicted octanol–water partition coefficient (Wildman–Crippen LogP) is -0.997. The predicted molar refractivity (Wildman–Crippen MR) is 67.7 cm³/mol. The van der Waals surface area contributed by atoms with E-state index in [4.69, 9.17) is 4.74 Å². The molecular weight excluding hydrogens is 248 g/mol. The fraction of sp³-hybridized carbons (Fsp3) is 0.583. The molecule has 2 atom stereocenters. The highest BCUT2D eigenvalue weighted by Crippen LogP contribution is 2.06. The van der Waals surface area contributed by atoms with E-state index in [1.807, 2.05) is 0 Å². The van der Waals surface area contributed by atoms with Gasteiger partial charge in [0.1, 0.15) is 12.4 Å². The van der Waals surface area contributed by atoms with Gasteiger partial charge in [0.05, 0.1) is 31.1 Å². The number of carbonyl (C=O) groups is 1. The zero-order valence-electron chi connectivity index (χ0n) is 10.8. The van der Waals surface area contributed by atoms with Gasteiger partial charge < -0.3 is 20.5 Å². The van der Waals surface area contributed by atoms with Crippen LogP contribution in [0.5, 0.6) is 5.75 Å². The molecule has 19 heavy (non-hydrogen) atoms. The normalized spacial score (nSPS) is 22.2. The maximum Gasteiger partial charge on any atom is 0.237 e. The van der Waals surface area contributed by atoms with Crippen molar-refractivity contribution in [1.29, 1.82) is 0 Å². The van der Waals surface area contributed by atoms with E-state index >= 15 is 0 Å². The number of amides is 1. The number of β-amino-alcohol motifs (C(OH)–C–C–N with tert-alkyl or cyclic N) is 1. The summed E-state index contributed by atoms with van der Waals surface area (Å²) in [4.78, 5) is 19.7. The Bertz CT molecular complexity index is 423. The monoisotopic (exact) mass is 266 g/mol. The number of aromatic nitrogens is 2. The SMILES string of the molecule is Cc1ncc(OCCNC(=O)[C@@H]2C[C@@H](O)CN2)cn1. The van der Waals surface area contributed by atoms with Gasteiger partial charge in [-0.25, -0.2) is 9.97 Å². The van der Waals surface area contributed by atoms with Gasteiger partial charge in [0.25, 0.3) is 0 Å². The van der Waals surface area contributed by atoms with Gasteiger partial charge in [0.2, 0.25) is 5.91 Å². The van der Waals surface area contributed by atoms with Gasteiger partial charge in [-0.05, 0) is 13.3 Å². The minimum atomic E-state index is -0.434. The van der Waals surface area contributed by atoms with Crippen LogP contribution in [0.3, 0.4) is 0 Å². The van der Waals surface area contributed by atoms with Crippen molar-refractivity contribution in [2.24, 2.45) is 0 Å². The van der Waals surface area contributed by atoms with E-state index < -0.39 is 6.10 Å². The molecule has 1 aromatic heterocycles. The lowest BCUT2D eigenvalue weighted by Gasteiger charge is -2.11. The van der Waals surface area contributed by atoms with Crippen molar-refractivity contribution in [2.45, 2.75) is 25.5 Å². The summed E-state index contributed by atoms with van der Waals surface area (Å²) in [5.41, 5.74) is 0. The minimum absolute atomic E-state index is 0.111. The molecule has 2 rings (SSSR count). The molecule has 0 unspecified atom stereocenters. The third kappa shape index (κ3) is 4.15. The van der Waals surface area contributed by atoms with Crippen LogP contribution in [0.1, 0.15) is 12.2 Å². The molecule has 1 aromatic rings. The maximum absolute atomic E-state index is 11.7. The third-order valence-electron chi connectivity index (χ3n) is 2.85. The number of carbonyl (C=O) groups excluding carboxylic acids is 1. The average Bonchev–Trinajstić information content (AvgIpc) is 2.83. The lowest BCUT2D eigenvalue weighted by molar-refractivity contribution is -0.123. The smallest absolute Gasteiger partial charge is 0.237 e. The van der Waals surface area contributed by atoms with Gasteiger partial charge in [-0.2, -0.15) is 0 Å². The molecular formula is C12H18N4O3. The molecule has 1 aliphatic rings. The van der Waals surface area contributed by atoms with Crippen LogP contribution >= 0.6 is 0 Å². The van der Waals surface area contributed by atoms with Gasteiger partial charge in [-0.3, -0.25) is 4.79 Å². The molecule has 0 spiro atoms. The Morgan fingerprint density at radius 1 is 1.58 bits per heavy atom. The van der Waals surface area contributed by atoms with E-state index in [1.165, 1.54) is 0 Å². The molecule has 1 saturated heterocycles. The molecule has 7 nitrogen and oxygen atoms in total. The van der Waals surface area contributed by atoms with Gasteiger partial charge in [0.15, 0.2) is 5.75 Å². The Labute approximate surface area is 111 Å². The summed E-state index contributed by atoms with van der Waals surface area (Å²) in [5.74, 6) is 1.15. The van der Waals surface area contributed by atoms with Crippen LogP contribution in [0.4, 0.5) is 0 Å². The molecule has 0 bridgehead atoms. The molecule has 0 radical (unpaired) electrons. The third-order valence-corrected chi connectivity index (χ3v) is 2.85. The van der Waals surface area contributed by atoms with Crippen molar-refractivity contribution in [3.63, 3.8) is 0 Å². The Balaban J connectivity index is 1.64. The van der Waals surface area contributed by atoms with Crippen LogP contribution in [-0.2, 0) is 4.79 Å². The van der Waals surface area contributed by atoms with E-state index in [2.05, 4.69) is 20.6 Å². The second kappa shape index (κ2) is 6.44. The first-order valence-electron chi connectivity index (χ1n) is 6.26. The summed E-state index contributed by atoms with van der Waals surface area (Å²) in [6.07, 6.45) is 3.22. The maximum atomic E-state index is 11.7. The van der Waals surface area contributed by atoms with E-state index in [0.717, 1.165) is 0 Å². The van der Waals surface area contributed by atoms with Crippen LogP contribution in [0.2, 0.25) is 0 Å². The minimum Gasteiger partial charge on any atom is -0.489 e. The van der Waals surface area contributed by atoms with Gasteiger partial charge in [-0.15, -0.1) is 0 Å². The van der Waals surface area contributed by atoms with Crippen molar-refractivity contribution >= 4 is 5.91 Å². The number of hydrogen-bond donors (Lipinski definition) is 3. The fourth-order valence-corrected chi connectivity index (χ4v) is 1.84. The van der Waals surface area contributed by atoms with Crippen molar-refractivity contribution in [2.75, 3.05) is 19.7 Å². The Kier molecular flexibility index (Phi) is 4.64. The Morgan fingerprint density at radius 3 is 2.95 bits per heavy atom. The molecule has 1 fully saturated rings. The second-order valence-electron chi connectivity index (χ2n) is 4.46. The summed E-state index contributed by atoms with van der Waals surface area (Å²) in [7, 11) is 0. The first kappa shape index (κ1) is 13.7. The summed E-state index contributed by atoms with van der Waals surface area (Å²) in [5, 5.41) is 15.0. The summed E-state index contributed by atoms with van der Waals surface area (Å²) in [6.45, 7) is 3.02. The molecule has 7 heteroatoms. The van der Waals surface area contributed by atoms with Gasteiger partial charge in [0, 0.05) is 6.54 Å². The summed E-state index contributed by atoms with van der Waals surface area (Å²) < 4.78 is 5.39. The van der Waals surface area contributed by atoms with Crippen LogP contribution in [0, 0.1) is 6.92 Å². The number of nitrogens with zero attached hydrogens (tertiary/aromatic N) is 2. The molecule has 3 N–H and O–H groups in total. The zero-order chi connectivity index (χ0) is 13.7. The van der Waals surface area contributed by atoms with Gasteiger partial charge in [-0.1, -0.05) is 0 Å². The standard InChI is InChI=1S/C12H18N4O3/c1-8-14-6-10(7-15-8)19-3-2-13-12(18)11-4-9(17)5-16-11/h6-7,9,11,16-17H,2-5H2,1H3,(H,13,18)/t9-,11+/m1/s1. The van der Waals surface area contributed by atoms with Crippen LogP contribution in [-0.4, -0.2) is 52.8 Å². The topological polar surface area (TPSA) is 96.4 Å². The van der Waals surface area contributed by atoms with Crippen LogP contribution in [0.25, 0.3) is 0 Å². The molecule has 0 aliphatic carbocycles. The number of ether oxygens (including phenoxy) is 1. The second-order valence-corrected chi connectivity index (χ2v) is 4.46. The summed E-state index contributed by atoms with van der Waals surface area (Å²) in [6, 6.07) is -0.308. The van der Waals surface area contributed by atoms with E-state index in [0.29, 0.717) is 37.7 Å². The van der Waals surface area contributed by atoms with Crippen LogP contribution in [0.15, 0.2) is 12.4 Å². The van der Waals surface area contributed by atoms with Gasteiger partial charge >= 0.3 is 0 Å². The molecule has 0 aromatic carbocycles. The molecule has 104 valence electrons.